The summed E-state index contributed by atoms with van der Waals surface area (Å²) in [7, 11) is 0. The molecule has 2 heteroatoms. The summed E-state index contributed by atoms with van der Waals surface area (Å²) in [5.74, 6) is 0.979. The van der Waals surface area contributed by atoms with E-state index in [9.17, 15) is 0 Å². The van der Waals surface area contributed by atoms with E-state index in [1.165, 1.54) is 59.6 Å². The van der Waals surface area contributed by atoms with Gasteiger partial charge in [0.1, 0.15) is 5.75 Å². The molecule has 0 unspecified atom stereocenters. The Hall–Kier alpha value is -1.03. The van der Waals surface area contributed by atoms with Crippen LogP contribution in [0.2, 0.25) is 0 Å². The summed E-state index contributed by atoms with van der Waals surface area (Å²) in [5, 5.41) is 0. The third kappa shape index (κ3) is 6.84. The number of unbranched alkanes of at least 4 members (excludes halogenated alkanes) is 7. The van der Waals surface area contributed by atoms with E-state index in [0.29, 0.717) is 0 Å². The summed E-state index contributed by atoms with van der Waals surface area (Å²) in [6.45, 7) is 3.10. The first-order valence-electron chi connectivity index (χ1n) is 9.29. The lowest BCUT2D eigenvalue weighted by molar-refractivity contribution is 0.304. The fourth-order valence-corrected chi connectivity index (χ4v) is 3.55. The fraction of sp³-hybridized carbons (Fsp3) is 0.455. The first-order valence-corrected chi connectivity index (χ1v) is 10.4. The zero-order valence-electron chi connectivity index (χ0n) is 14.8. The molecule has 0 saturated heterocycles. The summed E-state index contributed by atoms with van der Waals surface area (Å²) in [6.07, 6.45) is 10.7. The van der Waals surface area contributed by atoms with Crippen LogP contribution in [0, 0.1) is 3.57 Å². The normalized spacial score (nSPS) is 10.8. The van der Waals surface area contributed by atoms with Crippen molar-refractivity contribution in [2.75, 3.05) is 6.61 Å². The van der Waals surface area contributed by atoms with Crippen molar-refractivity contribution in [2.45, 2.75) is 58.3 Å². The third-order valence-corrected chi connectivity index (χ3v) is 5.25. The molecule has 0 heterocycles. The second-order valence-electron chi connectivity index (χ2n) is 6.33. The van der Waals surface area contributed by atoms with E-state index < -0.39 is 0 Å². The van der Waals surface area contributed by atoms with Crippen LogP contribution in [0.4, 0.5) is 0 Å². The Balaban J connectivity index is 1.65. The average Bonchev–Trinajstić information content (AvgIpc) is 2.61. The van der Waals surface area contributed by atoms with E-state index in [4.69, 9.17) is 4.74 Å². The summed E-state index contributed by atoms with van der Waals surface area (Å²) in [6, 6.07) is 16.9. The molecule has 0 saturated carbocycles. The van der Waals surface area contributed by atoms with Crippen LogP contribution in [0.5, 0.6) is 5.75 Å². The van der Waals surface area contributed by atoms with Crippen LogP contribution in [0.1, 0.15) is 58.3 Å². The molecule has 0 radical (unpaired) electrons. The Morgan fingerprint density at radius 3 is 2.04 bits per heavy atom. The number of halogens is 1. The number of hydrogen-bond acceptors (Lipinski definition) is 1. The van der Waals surface area contributed by atoms with Crippen molar-refractivity contribution in [3.05, 3.63) is 52.1 Å². The minimum atomic E-state index is 0.831. The molecular formula is C22H29IO. The fourth-order valence-electron chi connectivity index (χ4n) is 2.85. The van der Waals surface area contributed by atoms with Crippen molar-refractivity contribution in [3.63, 3.8) is 0 Å². The van der Waals surface area contributed by atoms with E-state index in [1.54, 1.807) is 0 Å². The predicted molar refractivity (Wildman–Crippen MR) is 113 cm³/mol. The topological polar surface area (TPSA) is 9.23 Å². The maximum absolute atomic E-state index is 5.87. The first kappa shape index (κ1) is 19.3. The molecule has 24 heavy (non-hydrogen) atoms. The van der Waals surface area contributed by atoms with Gasteiger partial charge in [0, 0.05) is 3.57 Å². The van der Waals surface area contributed by atoms with Crippen LogP contribution in [-0.4, -0.2) is 6.61 Å². The van der Waals surface area contributed by atoms with Gasteiger partial charge in [-0.1, -0.05) is 82.2 Å². The first-order chi connectivity index (χ1) is 11.8. The van der Waals surface area contributed by atoms with Gasteiger partial charge in [0.2, 0.25) is 0 Å². The van der Waals surface area contributed by atoms with E-state index in [-0.39, 0.29) is 0 Å². The van der Waals surface area contributed by atoms with Gasteiger partial charge in [-0.3, -0.25) is 0 Å². The second kappa shape index (κ2) is 11.5. The highest BCUT2D eigenvalue weighted by Gasteiger charge is 2.02. The number of ether oxygens (including phenoxy) is 1. The molecule has 0 aliphatic heterocycles. The Morgan fingerprint density at radius 2 is 1.38 bits per heavy atom. The van der Waals surface area contributed by atoms with Crippen molar-refractivity contribution < 1.29 is 4.74 Å². The number of rotatable bonds is 11. The molecular weight excluding hydrogens is 407 g/mol. The molecule has 2 aromatic rings. The van der Waals surface area contributed by atoms with Gasteiger partial charge in [-0.25, -0.2) is 0 Å². The Bertz CT molecular complexity index is 577. The molecule has 0 aliphatic rings. The van der Waals surface area contributed by atoms with Gasteiger partial charge in [-0.15, -0.1) is 0 Å². The molecule has 0 amide bonds. The van der Waals surface area contributed by atoms with Crippen molar-refractivity contribution in [1.29, 1.82) is 0 Å². The van der Waals surface area contributed by atoms with Gasteiger partial charge in [0.15, 0.2) is 0 Å². The summed E-state index contributed by atoms with van der Waals surface area (Å²) in [5.41, 5.74) is 2.53. The molecule has 0 fully saturated rings. The summed E-state index contributed by atoms with van der Waals surface area (Å²) < 4.78 is 7.15. The minimum absolute atomic E-state index is 0.831. The molecule has 2 aromatic carbocycles. The molecule has 2 rings (SSSR count). The van der Waals surface area contributed by atoms with E-state index in [0.717, 1.165) is 18.8 Å². The quantitative estimate of drug-likeness (QED) is 0.262. The molecule has 130 valence electrons. The molecule has 0 spiro atoms. The molecule has 0 aromatic heterocycles. The average molecular weight is 436 g/mol. The van der Waals surface area contributed by atoms with Crippen LogP contribution in [0.25, 0.3) is 11.1 Å². The Labute approximate surface area is 161 Å². The lowest BCUT2D eigenvalue weighted by atomic mass is 10.1. The third-order valence-electron chi connectivity index (χ3n) is 4.31. The Kier molecular flexibility index (Phi) is 9.26. The van der Waals surface area contributed by atoms with E-state index in [2.05, 4.69) is 78.0 Å². The van der Waals surface area contributed by atoms with Crippen LogP contribution >= 0.6 is 22.6 Å². The zero-order chi connectivity index (χ0) is 17.0. The molecule has 0 bridgehead atoms. The highest BCUT2D eigenvalue weighted by atomic mass is 127. The smallest absolute Gasteiger partial charge is 0.119 e. The van der Waals surface area contributed by atoms with Crippen LogP contribution in [0.3, 0.4) is 0 Å². The highest BCUT2D eigenvalue weighted by molar-refractivity contribution is 14.1. The minimum Gasteiger partial charge on any atom is -0.494 e. The molecule has 1 nitrogen and oxygen atoms in total. The predicted octanol–water partition coefficient (Wildman–Crippen LogP) is 7.48. The molecule has 0 aliphatic carbocycles. The molecule has 0 atom stereocenters. The van der Waals surface area contributed by atoms with Gasteiger partial charge in [0.05, 0.1) is 6.61 Å². The van der Waals surface area contributed by atoms with Gasteiger partial charge < -0.3 is 4.74 Å². The van der Waals surface area contributed by atoms with E-state index in [1.807, 2.05) is 0 Å². The zero-order valence-corrected chi connectivity index (χ0v) is 16.9. The van der Waals surface area contributed by atoms with Gasteiger partial charge in [-0.05, 0) is 58.3 Å². The largest absolute Gasteiger partial charge is 0.494 e. The number of hydrogen-bond donors (Lipinski definition) is 0. The van der Waals surface area contributed by atoms with Crippen molar-refractivity contribution in [3.8, 4) is 16.9 Å². The lowest BCUT2D eigenvalue weighted by Crippen LogP contribution is -1.97. The van der Waals surface area contributed by atoms with Crippen LogP contribution in [0.15, 0.2) is 48.5 Å². The summed E-state index contributed by atoms with van der Waals surface area (Å²) >= 11 is 2.39. The van der Waals surface area contributed by atoms with E-state index >= 15 is 0 Å². The maximum Gasteiger partial charge on any atom is 0.119 e. The van der Waals surface area contributed by atoms with Gasteiger partial charge in [-0.2, -0.15) is 0 Å². The van der Waals surface area contributed by atoms with Crippen LogP contribution < -0.4 is 4.74 Å². The van der Waals surface area contributed by atoms with Gasteiger partial charge >= 0.3 is 0 Å². The number of benzene rings is 2. The van der Waals surface area contributed by atoms with Gasteiger partial charge in [0.25, 0.3) is 0 Å². The SMILES string of the molecule is CCCCCCCCCCOc1ccc(-c2ccccc2I)cc1. The van der Waals surface area contributed by atoms with Crippen molar-refractivity contribution in [1.82, 2.24) is 0 Å². The maximum atomic E-state index is 5.87. The van der Waals surface area contributed by atoms with Crippen molar-refractivity contribution in [2.24, 2.45) is 0 Å². The second-order valence-corrected chi connectivity index (χ2v) is 7.49. The highest BCUT2D eigenvalue weighted by Crippen LogP contribution is 2.26. The molecule has 0 N–H and O–H groups in total. The lowest BCUT2D eigenvalue weighted by Gasteiger charge is -2.08. The van der Waals surface area contributed by atoms with Crippen molar-refractivity contribution >= 4 is 22.6 Å². The monoisotopic (exact) mass is 436 g/mol. The Morgan fingerprint density at radius 1 is 0.750 bits per heavy atom. The standard InChI is InChI=1S/C22H29IO/c1-2-3-4-5-6-7-8-11-18-24-20-16-14-19(15-17-20)21-12-9-10-13-22(21)23/h9-10,12-17H,2-8,11,18H2,1H3. The van der Waals surface area contributed by atoms with Crippen LogP contribution in [-0.2, 0) is 0 Å². The summed E-state index contributed by atoms with van der Waals surface area (Å²) in [4.78, 5) is 0.